The highest BCUT2D eigenvalue weighted by Crippen LogP contribution is 2.20. The van der Waals surface area contributed by atoms with Crippen molar-refractivity contribution in [2.75, 3.05) is 37.0 Å². The summed E-state index contributed by atoms with van der Waals surface area (Å²) in [5, 5.41) is 6.08. The number of nitrogens with one attached hydrogen (secondary N) is 2. The second kappa shape index (κ2) is 9.90. The standard InChI is InChI=1S/C15H23N3O2.2ClH/c1-11(2)18(3)13-6-4-5-12(9-13)17-15(19)14-10-20-8-7-16-14;;/h4-6,9,11,14,16H,7-8,10H2,1-3H3,(H,17,19);2*1H. The Kier molecular flexibility index (Phi) is 9.44. The van der Waals surface area contributed by atoms with Gasteiger partial charge in [0.25, 0.3) is 0 Å². The minimum Gasteiger partial charge on any atom is -0.378 e. The molecule has 0 radical (unpaired) electrons. The predicted octanol–water partition coefficient (Wildman–Crippen LogP) is 2.30. The van der Waals surface area contributed by atoms with Crippen molar-refractivity contribution < 1.29 is 9.53 Å². The van der Waals surface area contributed by atoms with Gasteiger partial charge in [0.05, 0.1) is 13.2 Å². The number of carbonyl (C=O) groups excluding carboxylic acids is 1. The predicted molar refractivity (Wildman–Crippen MR) is 95.7 cm³/mol. The first-order valence-electron chi connectivity index (χ1n) is 7.03. The van der Waals surface area contributed by atoms with Gasteiger partial charge in [0.15, 0.2) is 0 Å². The molecule has 0 bridgehead atoms. The van der Waals surface area contributed by atoms with Gasteiger partial charge >= 0.3 is 0 Å². The number of anilines is 2. The normalized spacial score (nSPS) is 17.2. The number of benzene rings is 1. The van der Waals surface area contributed by atoms with E-state index in [1.54, 1.807) is 0 Å². The van der Waals surface area contributed by atoms with E-state index in [1.807, 2.05) is 31.3 Å². The number of ether oxygens (including phenoxy) is 1. The summed E-state index contributed by atoms with van der Waals surface area (Å²) >= 11 is 0. The Bertz CT molecular complexity index is 466. The minimum atomic E-state index is -0.268. The molecule has 0 saturated carbocycles. The van der Waals surface area contributed by atoms with Crippen molar-refractivity contribution in [2.45, 2.75) is 25.9 Å². The van der Waals surface area contributed by atoms with Crippen LogP contribution in [0.1, 0.15) is 13.8 Å². The Morgan fingerprint density at radius 2 is 2.14 bits per heavy atom. The van der Waals surface area contributed by atoms with E-state index in [0.717, 1.165) is 11.4 Å². The van der Waals surface area contributed by atoms with Gasteiger partial charge in [-0.25, -0.2) is 0 Å². The van der Waals surface area contributed by atoms with Crippen molar-refractivity contribution in [1.82, 2.24) is 5.32 Å². The molecule has 2 N–H and O–H groups in total. The van der Waals surface area contributed by atoms with Crippen LogP contribution >= 0.6 is 24.8 Å². The molecule has 1 aromatic rings. The Morgan fingerprint density at radius 1 is 1.41 bits per heavy atom. The quantitative estimate of drug-likeness (QED) is 0.875. The van der Waals surface area contributed by atoms with Crippen molar-refractivity contribution >= 4 is 42.1 Å². The minimum absolute atomic E-state index is 0. The molecule has 22 heavy (non-hydrogen) atoms. The lowest BCUT2D eigenvalue weighted by Crippen LogP contribution is -2.48. The van der Waals surface area contributed by atoms with Crippen LogP contribution in [0.25, 0.3) is 0 Å². The van der Waals surface area contributed by atoms with Crippen LogP contribution < -0.4 is 15.5 Å². The monoisotopic (exact) mass is 349 g/mol. The summed E-state index contributed by atoms with van der Waals surface area (Å²) in [4.78, 5) is 14.3. The molecule has 1 unspecified atom stereocenters. The molecule has 5 nitrogen and oxygen atoms in total. The smallest absolute Gasteiger partial charge is 0.243 e. The third-order valence-corrected chi connectivity index (χ3v) is 3.53. The second-order valence-corrected chi connectivity index (χ2v) is 5.33. The van der Waals surface area contributed by atoms with E-state index in [9.17, 15) is 4.79 Å². The molecule has 1 aromatic carbocycles. The number of nitrogens with zero attached hydrogens (tertiary/aromatic N) is 1. The van der Waals surface area contributed by atoms with Crippen LogP contribution in [0.3, 0.4) is 0 Å². The first kappa shape index (κ1) is 21.0. The number of hydrogen-bond donors (Lipinski definition) is 2. The summed E-state index contributed by atoms with van der Waals surface area (Å²) < 4.78 is 5.30. The summed E-state index contributed by atoms with van der Waals surface area (Å²) in [7, 11) is 2.04. The van der Waals surface area contributed by atoms with E-state index in [0.29, 0.717) is 25.8 Å². The lowest BCUT2D eigenvalue weighted by Gasteiger charge is -2.25. The number of morpholine rings is 1. The largest absolute Gasteiger partial charge is 0.378 e. The van der Waals surface area contributed by atoms with Gasteiger partial charge in [-0.05, 0) is 32.0 Å². The lowest BCUT2D eigenvalue weighted by atomic mass is 10.2. The van der Waals surface area contributed by atoms with Gasteiger partial charge in [-0.2, -0.15) is 0 Å². The first-order valence-corrected chi connectivity index (χ1v) is 7.03. The maximum absolute atomic E-state index is 12.1. The van der Waals surface area contributed by atoms with Gasteiger partial charge < -0.3 is 20.3 Å². The summed E-state index contributed by atoms with van der Waals surface area (Å²) in [6.07, 6.45) is 0. The van der Waals surface area contributed by atoms with Gasteiger partial charge in [0.1, 0.15) is 6.04 Å². The molecule has 126 valence electrons. The molecule has 1 saturated heterocycles. The first-order chi connectivity index (χ1) is 9.58. The maximum Gasteiger partial charge on any atom is 0.243 e. The zero-order chi connectivity index (χ0) is 14.5. The molecule has 0 spiro atoms. The zero-order valence-electron chi connectivity index (χ0n) is 13.2. The molecule has 1 aliphatic rings. The molecule has 2 rings (SSSR count). The van der Waals surface area contributed by atoms with Crippen LogP contribution in [0.5, 0.6) is 0 Å². The Morgan fingerprint density at radius 3 is 2.73 bits per heavy atom. The van der Waals surface area contributed by atoms with Crippen LogP contribution in [-0.4, -0.2) is 44.8 Å². The molecule has 1 atom stereocenters. The highest BCUT2D eigenvalue weighted by atomic mass is 35.5. The van der Waals surface area contributed by atoms with Crippen molar-refractivity contribution in [3.63, 3.8) is 0 Å². The number of rotatable bonds is 4. The van der Waals surface area contributed by atoms with E-state index >= 15 is 0 Å². The van der Waals surface area contributed by atoms with Gasteiger partial charge in [-0.15, -0.1) is 24.8 Å². The highest BCUT2D eigenvalue weighted by Gasteiger charge is 2.21. The third kappa shape index (κ3) is 5.65. The molecular formula is C15H25Cl2N3O2. The fourth-order valence-electron chi connectivity index (χ4n) is 2.06. The van der Waals surface area contributed by atoms with E-state index < -0.39 is 0 Å². The fraction of sp³-hybridized carbons (Fsp3) is 0.533. The van der Waals surface area contributed by atoms with Crippen LogP contribution in [0.4, 0.5) is 11.4 Å². The second-order valence-electron chi connectivity index (χ2n) is 5.33. The average Bonchev–Trinajstić information content (AvgIpc) is 2.47. The van der Waals surface area contributed by atoms with E-state index in [4.69, 9.17) is 4.74 Å². The number of hydrogen-bond acceptors (Lipinski definition) is 4. The van der Waals surface area contributed by atoms with Crippen molar-refractivity contribution in [3.8, 4) is 0 Å². The summed E-state index contributed by atoms with van der Waals surface area (Å²) in [5.74, 6) is -0.0472. The van der Waals surface area contributed by atoms with Gasteiger partial charge in [0.2, 0.25) is 5.91 Å². The van der Waals surface area contributed by atoms with E-state index in [-0.39, 0.29) is 36.8 Å². The van der Waals surface area contributed by atoms with E-state index in [1.165, 1.54) is 0 Å². The Balaban J connectivity index is 0.00000220. The van der Waals surface area contributed by atoms with Gasteiger partial charge in [-0.3, -0.25) is 4.79 Å². The highest BCUT2D eigenvalue weighted by molar-refractivity contribution is 5.95. The van der Waals surface area contributed by atoms with Crippen LogP contribution in [0.2, 0.25) is 0 Å². The summed E-state index contributed by atoms with van der Waals surface area (Å²) in [6, 6.07) is 8.03. The fourth-order valence-corrected chi connectivity index (χ4v) is 2.06. The molecule has 0 aromatic heterocycles. The SMILES string of the molecule is CC(C)N(C)c1cccc(NC(=O)C2COCCN2)c1.Cl.Cl. The van der Waals surface area contributed by atoms with Gasteiger partial charge in [0, 0.05) is 31.0 Å². The van der Waals surface area contributed by atoms with E-state index in [2.05, 4.69) is 29.4 Å². The molecule has 0 aliphatic carbocycles. The Labute approximate surface area is 144 Å². The number of amides is 1. The van der Waals surface area contributed by atoms with Gasteiger partial charge in [-0.1, -0.05) is 6.07 Å². The average molecular weight is 350 g/mol. The number of halogens is 2. The zero-order valence-corrected chi connectivity index (χ0v) is 14.8. The summed E-state index contributed by atoms with van der Waals surface area (Å²) in [5.41, 5.74) is 1.90. The summed E-state index contributed by atoms with van der Waals surface area (Å²) in [6.45, 7) is 6.08. The molecule has 1 fully saturated rings. The maximum atomic E-state index is 12.1. The van der Waals surface area contributed by atoms with Crippen molar-refractivity contribution in [2.24, 2.45) is 0 Å². The molecule has 7 heteroatoms. The van der Waals surface area contributed by atoms with Crippen LogP contribution in [0, 0.1) is 0 Å². The number of carbonyl (C=O) groups is 1. The Hall–Kier alpha value is -1.01. The van der Waals surface area contributed by atoms with Crippen molar-refractivity contribution in [1.29, 1.82) is 0 Å². The lowest BCUT2D eigenvalue weighted by molar-refractivity contribution is -0.120. The van der Waals surface area contributed by atoms with Crippen LogP contribution in [-0.2, 0) is 9.53 Å². The molecule has 1 aliphatic heterocycles. The molecule has 1 amide bonds. The molecule has 1 heterocycles. The third-order valence-electron chi connectivity index (χ3n) is 3.53. The molecular weight excluding hydrogens is 325 g/mol. The topological polar surface area (TPSA) is 53.6 Å². The van der Waals surface area contributed by atoms with Crippen molar-refractivity contribution in [3.05, 3.63) is 24.3 Å². The van der Waals surface area contributed by atoms with Crippen LogP contribution in [0.15, 0.2) is 24.3 Å².